The van der Waals surface area contributed by atoms with Gasteiger partial charge in [0.05, 0.1) is 11.9 Å². The highest BCUT2D eigenvalue weighted by atomic mass is 32.1. The summed E-state index contributed by atoms with van der Waals surface area (Å²) >= 11 is 5.08. The number of anilines is 1. The predicted octanol–water partition coefficient (Wildman–Crippen LogP) is 0.856. The normalized spacial score (nSPS) is 19.9. The lowest BCUT2D eigenvalue weighted by molar-refractivity contribution is 0.315. The zero-order chi connectivity index (χ0) is 12.4. The van der Waals surface area contributed by atoms with Crippen LogP contribution in [-0.4, -0.2) is 48.1 Å². The molecular weight excluding hydrogens is 232 g/mol. The van der Waals surface area contributed by atoms with Crippen molar-refractivity contribution in [3.8, 4) is 0 Å². The summed E-state index contributed by atoms with van der Waals surface area (Å²) in [6.45, 7) is 2.04. The number of aromatic nitrogens is 1. The van der Waals surface area contributed by atoms with Crippen molar-refractivity contribution in [2.75, 3.05) is 32.1 Å². The minimum absolute atomic E-state index is 0.440. The third-order valence-corrected chi connectivity index (χ3v) is 3.52. The predicted molar refractivity (Wildman–Crippen MR) is 74.4 cm³/mol. The lowest BCUT2D eigenvalue weighted by Crippen LogP contribution is -2.32. The van der Waals surface area contributed by atoms with E-state index in [-0.39, 0.29) is 0 Å². The Morgan fingerprint density at radius 1 is 1.59 bits per heavy atom. The Hall–Kier alpha value is -1.20. The minimum atomic E-state index is 0.440. The molecule has 5 heteroatoms. The van der Waals surface area contributed by atoms with Crippen LogP contribution in [0.4, 0.5) is 5.69 Å². The van der Waals surface area contributed by atoms with Gasteiger partial charge in [-0.05, 0) is 26.6 Å². The van der Waals surface area contributed by atoms with Crippen molar-refractivity contribution in [3.05, 3.63) is 24.0 Å². The van der Waals surface area contributed by atoms with Crippen LogP contribution in [0.1, 0.15) is 12.0 Å². The van der Waals surface area contributed by atoms with Crippen LogP contribution in [0.25, 0.3) is 0 Å². The van der Waals surface area contributed by atoms with E-state index in [2.05, 4.69) is 28.9 Å². The molecule has 2 rings (SSSR count). The molecule has 0 aromatic carbocycles. The van der Waals surface area contributed by atoms with Crippen LogP contribution < -0.4 is 10.6 Å². The Balaban J connectivity index is 2.21. The maximum Gasteiger partial charge on any atom is 0.106 e. The number of thiocarbonyl (C=S) groups is 1. The molecule has 1 aliphatic rings. The number of rotatable bonds is 3. The van der Waals surface area contributed by atoms with Gasteiger partial charge in [-0.15, -0.1) is 0 Å². The van der Waals surface area contributed by atoms with Gasteiger partial charge in [0.2, 0.25) is 0 Å². The fourth-order valence-electron chi connectivity index (χ4n) is 2.23. The second kappa shape index (κ2) is 4.98. The number of pyridine rings is 1. The summed E-state index contributed by atoms with van der Waals surface area (Å²) in [6.07, 6.45) is 4.75. The van der Waals surface area contributed by atoms with E-state index >= 15 is 0 Å². The molecule has 4 nitrogen and oxygen atoms in total. The minimum Gasteiger partial charge on any atom is -0.389 e. The van der Waals surface area contributed by atoms with Crippen LogP contribution in [0, 0.1) is 0 Å². The van der Waals surface area contributed by atoms with E-state index in [1.54, 1.807) is 6.20 Å². The molecule has 92 valence electrons. The van der Waals surface area contributed by atoms with Crippen molar-refractivity contribution in [1.29, 1.82) is 0 Å². The number of hydrogen-bond donors (Lipinski definition) is 1. The van der Waals surface area contributed by atoms with Crippen LogP contribution in [-0.2, 0) is 0 Å². The average molecular weight is 250 g/mol. The largest absolute Gasteiger partial charge is 0.389 e. The summed E-state index contributed by atoms with van der Waals surface area (Å²) < 4.78 is 0. The number of nitrogens with zero attached hydrogens (tertiary/aromatic N) is 3. The number of nitrogens with two attached hydrogens (primary N) is 1. The van der Waals surface area contributed by atoms with Gasteiger partial charge in [-0.1, -0.05) is 12.2 Å². The van der Waals surface area contributed by atoms with Gasteiger partial charge < -0.3 is 15.5 Å². The fraction of sp³-hybridized carbons (Fsp3) is 0.500. The molecular formula is C12H18N4S. The zero-order valence-electron chi connectivity index (χ0n) is 10.3. The van der Waals surface area contributed by atoms with Gasteiger partial charge in [-0.3, -0.25) is 4.98 Å². The average Bonchev–Trinajstić information content (AvgIpc) is 2.78. The van der Waals surface area contributed by atoms with Crippen molar-refractivity contribution in [3.63, 3.8) is 0 Å². The Morgan fingerprint density at radius 2 is 2.35 bits per heavy atom. The molecule has 2 heterocycles. The molecule has 0 radical (unpaired) electrons. The highest BCUT2D eigenvalue weighted by Gasteiger charge is 2.25. The smallest absolute Gasteiger partial charge is 0.106 e. The lowest BCUT2D eigenvalue weighted by atomic mass is 10.2. The molecule has 1 fully saturated rings. The van der Waals surface area contributed by atoms with Crippen molar-refractivity contribution in [2.45, 2.75) is 12.5 Å². The molecule has 1 aromatic rings. The summed E-state index contributed by atoms with van der Waals surface area (Å²) in [6, 6.07) is 2.48. The Bertz CT molecular complexity index is 419. The van der Waals surface area contributed by atoms with E-state index in [9.17, 15) is 0 Å². The Morgan fingerprint density at radius 3 is 2.94 bits per heavy atom. The van der Waals surface area contributed by atoms with Gasteiger partial charge in [0.15, 0.2) is 0 Å². The summed E-state index contributed by atoms with van der Waals surface area (Å²) in [5.41, 5.74) is 7.73. The molecule has 17 heavy (non-hydrogen) atoms. The standard InChI is InChI=1S/C12H18N4S/c1-15(2)9-4-6-16(8-9)11-7-14-5-3-10(11)12(13)17/h3,5,7,9H,4,6,8H2,1-2H3,(H2,13,17). The van der Waals surface area contributed by atoms with E-state index in [4.69, 9.17) is 18.0 Å². The molecule has 1 saturated heterocycles. The van der Waals surface area contributed by atoms with Crippen LogP contribution in [0.15, 0.2) is 18.5 Å². The van der Waals surface area contributed by atoms with Crippen molar-refractivity contribution in [1.82, 2.24) is 9.88 Å². The molecule has 0 spiro atoms. The van der Waals surface area contributed by atoms with Gasteiger partial charge in [-0.2, -0.15) is 0 Å². The van der Waals surface area contributed by atoms with Crippen LogP contribution >= 0.6 is 12.2 Å². The van der Waals surface area contributed by atoms with Gasteiger partial charge in [-0.25, -0.2) is 0 Å². The number of hydrogen-bond acceptors (Lipinski definition) is 4. The van der Waals surface area contributed by atoms with E-state index in [0.717, 1.165) is 24.3 Å². The molecule has 2 N–H and O–H groups in total. The first-order chi connectivity index (χ1) is 8.09. The molecule has 0 aliphatic carbocycles. The highest BCUT2D eigenvalue weighted by molar-refractivity contribution is 7.80. The maximum atomic E-state index is 5.74. The van der Waals surface area contributed by atoms with Crippen LogP contribution in [0.5, 0.6) is 0 Å². The highest BCUT2D eigenvalue weighted by Crippen LogP contribution is 2.24. The first-order valence-electron chi connectivity index (χ1n) is 5.75. The van der Waals surface area contributed by atoms with Gasteiger partial charge >= 0.3 is 0 Å². The summed E-state index contributed by atoms with van der Waals surface area (Å²) in [7, 11) is 4.23. The van der Waals surface area contributed by atoms with Crippen molar-refractivity contribution < 1.29 is 0 Å². The van der Waals surface area contributed by atoms with Gasteiger partial charge in [0.1, 0.15) is 4.99 Å². The first-order valence-corrected chi connectivity index (χ1v) is 6.15. The topological polar surface area (TPSA) is 45.4 Å². The summed E-state index contributed by atoms with van der Waals surface area (Å²) in [5, 5.41) is 0. The lowest BCUT2D eigenvalue weighted by Gasteiger charge is -2.23. The molecule has 0 bridgehead atoms. The zero-order valence-corrected chi connectivity index (χ0v) is 11.1. The van der Waals surface area contributed by atoms with E-state index in [0.29, 0.717) is 11.0 Å². The summed E-state index contributed by atoms with van der Waals surface area (Å²) in [4.78, 5) is 9.18. The molecule has 1 atom stereocenters. The van der Waals surface area contributed by atoms with E-state index in [1.165, 1.54) is 6.42 Å². The SMILES string of the molecule is CN(C)C1CCN(c2cnccc2C(N)=S)C1. The first kappa shape index (κ1) is 12.3. The molecule has 1 aromatic heterocycles. The number of likely N-dealkylation sites (N-methyl/N-ethyl adjacent to an activating group) is 1. The van der Waals surface area contributed by atoms with E-state index < -0.39 is 0 Å². The third-order valence-electron chi connectivity index (χ3n) is 3.30. The van der Waals surface area contributed by atoms with Crippen molar-refractivity contribution >= 4 is 22.9 Å². The van der Waals surface area contributed by atoms with E-state index in [1.807, 2.05) is 12.3 Å². The fourth-order valence-corrected chi connectivity index (χ4v) is 2.40. The quantitative estimate of drug-likeness (QED) is 0.806. The van der Waals surface area contributed by atoms with Crippen LogP contribution in [0.2, 0.25) is 0 Å². The van der Waals surface area contributed by atoms with Gasteiger partial charge in [0.25, 0.3) is 0 Å². The molecule has 0 saturated carbocycles. The summed E-state index contributed by atoms with van der Waals surface area (Å²) in [5.74, 6) is 0. The third kappa shape index (κ3) is 2.56. The molecule has 0 amide bonds. The second-order valence-electron chi connectivity index (χ2n) is 4.61. The molecule has 1 unspecified atom stereocenters. The second-order valence-corrected chi connectivity index (χ2v) is 5.05. The van der Waals surface area contributed by atoms with Gasteiger partial charge in [0, 0.05) is 30.9 Å². The molecule has 1 aliphatic heterocycles. The van der Waals surface area contributed by atoms with Crippen molar-refractivity contribution in [2.24, 2.45) is 5.73 Å². The Kier molecular flexibility index (Phi) is 3.59. The maximum absolute atomic E-state index is 5.74. The Labute approximate surface area is 107 Å². The van der Waals surface area contributed by atoms with Crippen LogP contribution in [0.3, 0.4) is 0 Å². The monoisotopic (exact) mass is 250 g/mol.